The molecule has 0 aromatic carbocycles. The monoisotopic (exact) mass is 2280 g/mol. The molecule has 0 saturated carbocycles. The summed E-state index contributed by atoms with van der Waals surface area (Å²) in [6, 6.07) is 0. The van der Waals surface area contributed by atoms with E-state index in [9.17, 15) is 0 Å². The molecule has 0 aliphatic heterocycles. The maximum atomic E-state index is 3.15. The third kappa shape index (κ3) is 95.4. The van der Waals surface area contributed by atoms with Crippen molar-refractivity contribution in [3.05, 3.63) is 0 Å². The Hall–Kier alpha value is 8.13. The fourth-order valence-corrected chi connectivity index (χ4v) is 1.36. The molecule has 0 amide bonds. The average molecular weight is 2280 g/mol. The van der Waals surface area contributed by atoms with Gasteiger partial charge >= 0.3 is 212 Å². The minimum absolute atomic E-state index is 0. The molecule has 0 heterocycles. The van der Waals surface area contributed by atoms with Crippen molar-refractivity contribution >= 4 is 4.40 Å². The maximum absolute atomic E-state index is 3.15. The van der Waals surface area contributed by atoms with Crippen molar-refractivity contribution in [3.8, 4) is 0 Å². The minimum atomic E-state index is 0. The first-order chi connectivity index (χ1) is 7.77. The first-order valence-electron chi connectivity index (χ1n) is 2.95. The molecular weight excluding hydrogens is 2270 g/mol. The third-order valence-corrected chi connectivity index (χ3v) is 1.09. The van der Waals surface area contributed by atoms with Crippen molar-refractivity contribution in [3.63, 3.8) is 0 Å². The van der Waals surface area contributed by atoms with Crippen LogP contribution < -0.4 is 0 Å². The fraction of sp³-hybridized carbons (Fsp3) is 0.800. The summed E-state index contributed by atoms with van der Waals surface area (Å²) in [5, 5.41) is 0. The van der Waals surface area contributed by atoms with Gasteiger partial charge in [0.2, 0.25) is 0 Å². The number of hydrogen-bond donors (Lipinski definition) is 0. The van der Waals surface area contributed by atoms with Gasteiger partial charge in [0.05, 0.1) is 0 Å². The van der Waals surface area contributed by atoms with Gasteiger partial charge in [-0.25, -0.2) is 0 Å². The van der Waals surface area contributed by atoms with Crippen molar-refractivity contribution in [2.75, 3.05) is 0 Å². The molecule has 0 nitrogen and oxygen atoms in total. The number of hydrogen-bond acceptors (Lipinski definition) is 0. The summed E-state index contributed by atoms with van der Waals surface area (Å²) in [4.78, 5) is 0. The Bertz CT molecular complexity index is 85.3. The van der Waals surface area contributed by atoms with E-state index in [0.717, 1.165) is 12.3 Å². The average Bonchev–Trinajstić information content (AvgIpc) is 2.41. The van der Waals surface area contributed by atoms with Crippen LogP contribution in [0.5, 0.6) is 0 Å². The van der Waals surface area contributed by atoms with Crippen molar-refractivity contribution in [1.29, 1.82) is 0 Å². The standard InChI is InChI=1S/C5H9.12W/c1-4-5(2)3;;;;;;;;;;;;/h5H,4H2,2-3H3;;;;;;;;;;;;/q-1;;;;;;;;;;;;. The molecule has 0 radical (unpaired) electrons. The second-order valence-corrected chi connectivity index (χ2v) is 2.78. The summed E-state index contributed by atoms with van der Waals surface area (Å²) in [5.41, 5.74) is 0. The summed E-state index contributed by atoms with van der Waals surface area (Å²) in [6.07, 6.45) is 1.16. The predicted octanol–water partition coefficient (Wildman–Crippen LogP) is 1.23. The summed E-state index contributed by atoms with van der Waals surface area (Å²) in [5.74, 6) is 0.808. The number of rotatable bonds is 2. The second-order valence-electron chi connectivity index (χ2n) is 1.74. The van der Waals surface area contributed by atoms with Crippen LogP contribution in [0.15, 0.2) is 0 Å². The predicted molar refractivity (Wildman–Crippen MR) is 24.5 cm³/mol. The molecule has 0 bridgehead atoms. The molecule has 0 aliphatic rings. The second kappa shape index (κ2) is 74.9. The summed E-state index contributed by atoms with van der Waals surface area (Å²) >= 11 is 18.1. The Morgan fingerprint density at radius 1 is 0.706 bits per heavy atom. The Labute approximate surface area is 226 Å². The molecule has 17 heavy (non-hydrogen) atoms. The molecule has 0 rings (SSSR count). The molecule has 0 atom stereocenters. The topological polar surface area (TPSA) is 0 Å². The van der Waals surface area contributed by atoms with E-state index in [4.69, 9.17) is 0 Å². The first kappa shape index (κ1) is 44.5. The van der Waals surface area contributed by atoms with Crippen molar-refractivity contribution < 1.29 is 203 Å². The molecule has 12 heteroatoms. The van der Waals surface area contributed by atoms with Crippen LogP contribution in [0.25, 0.3) is 0 Å². The van der Waals surface area contributed by atoms with Crippen molar-refractivity contribution in [1.82, 2.24) is 0 Å². The van der Waals surface area contributed by atoms with E-state index < -0.39 is 0 Å². The van der Waals surface area contributed by atoms with E-state index >= 15 is 0 Å². The van der Waals surface area contributed by atoms with Gasteiger partial charge in [-0.3, -0.25) is 0 Å². The first-order valence-corrected chi connectivity index (χ1v) is 59.4. The Balaban J connectivity index is -0.0000000158. The summed E-state index contributed by atoms with van der Waals surface area (Å²) in [7, 11) is 0. The van der Waals surface area contributed by atoms with Gasteiger partial charge in [0.15, 0.2) is 0 Å². The van der Waals surface area contributed by atoms with Crippen LogP contribution in [0, 0.1) is 5.92 Å². The van der Waals surface area contributed by atoms with E-state index in [-0.39, 0.29) is 21.1 Å². The van der Waals surface area contributed by atoms with Crippen LogP contribution in [-0.2, 0) is 203 Å². The van der Waals surface area contributed by atoms with Crippen LogP contribution in [0.3, 0.4) is 0 Å². The van der Waals surface area contributed by atoms with Crippen molar-refractivity contribution in [2.45, 2.75) is 20.3 Å². The third-order valence-electron chi connectivity index (χ3n) is 0.492. The van der Waals surface area contributed by atoms with Crippen LogP contribution in [0.1, 0.15) is 20.3 Å². The van der Waals surface area contributed by atoms with E-state index in [1.54, 1.807) is 162 Å². The molecule has 0 unspecified atom stereocenters. The van der Waals surface area contributed by atoms with Crippen molar-refractivity contribution in [2.24, 2.45) is 5.92 Å². The summed E-state index contributed by atoms with van der Waals surface area (Å²) < 4.78 is 3.15. The van der Waals surface area contributed by atoms with E-state index in [1.165, 1.54) is 19.4 Å². The SMILES string of the molecule is CC(C)C[C-]=[W].[W].[W]=[W].[W]=[W].[W]=[W].[W]=[W].[W]=[W]. The van der Waals surface area contributed by atoms with Gasteiger partial charge < -0.3 is 0 Å². The Morgan fingerprint density at radius 2 is 0.882 bits per heavy atom. The Kier molecular flexibility index (Phi) is 196. The van der Waals surface area contributed by atoms with Gasteiger partial charge in [0, 0.05) is 21.1 Å². The van der Waals surface area contributed by atoms with E-state index in [0.29, 0.717) is 0 Å². The zero-order valence-electron chi connectivity index (χ0n) is 8.68. The van der Waals surface area contributed by atoms with Gasteiger partial charge in [0.1, 0.15) is 0 Å². The van der Waals surface area contributed by atoms with Crippen LogP contribution in [0.4, 0.5) is 0 Å². The molecule has 0 aromatic heterocycles. The molecular formula is C5H9W12-. The molecule has 0 spiro atoms. The van der Waals surface area contributed by atoms with Crippen LogP contribution in [-0.4, -0.2) is 4.40 Å². The molecule has 0 aliphatic carbocycles. The molecule has 0 N–H and O–H groups in total. The van der Waals surface area contributed by atoms with Crippen LogP contribution in [0.2, 0.25) is 0 Å². The quantitative estimate of drug-likeness (QED) is 0.366. The summed E-state index contributed by atoms with van der Waals surface area (Å²) in [6.45, 7) is 4.41. The van der Waals surface area contributed by atoms with E-state index in [1.807, 2.05) is 0 Å². The van der Waals surface area contributed by atoms with Crippen LogP contribution >= 0.6 is 0 Å². The zero-order valence-corrected chi connectivity index (χ0v) is 43.9. The van der Waals surface area contributed by atoms with Gasteiger partial charge in [0.25, 0.3) is 0 Å². The van der Waals surface area contributed by atoms with Gasteiger partial charge in [-0.2, -0.15) is 0 Å². The molecule has 102 valence electrons. The normalized spacial score (nSPS) is 4.41. The van der Waals surface area contributed by atoms with Gasteiger partial charge in [-0.05, 0) is 0 Å². The molecule has 0 fully saturated rings. The zero-order chi connectivity index (χ0) is 15.0. The van der Waals surface area contributed by atoms with Gasteiger partial charge in [-0.1, -0.05) is 0 Å². The van der Waals surface area contributed by atoms with Gasteiger partial charge in [-0.15, -0.1) is 0 Å². The Morgan fingerprint density at radius 3 is 0.882 bits per heavy atom. The molecule has 0 aromatic rings. The van der Waals surface area contributed by atoms with E-state index in [2.05, 4.69) is 18.2 Å². The molecule has 0 saturated heterocycles. The fourth-order valence-electron chi connectivity index (χ4n) is 0.167.